The first-order valence-electron chi connectivity index (χ1n) is 5.39. The van der Waals surface area contributed by atoms with Gasteiger partial charge in [-0.1, -0.05) is 0 Å². The van der Waals surface area contributed by atoms with Crippen LogP contribution in [0.4, 0.5) is 0 Å². The highest BCUT2D eigenvalue weighted by Gasteiger charge is 2.25. The molecule has 0 spiro atoms. The van der Waals surface area contributed by atoms with E-state index in [-0.39, 0.29) is 12.0 Å². The zero-order valence-corrected chi connectivity index (χ0v) is 10.9. The second kappa shape index (κ2) is 5.96. The van der Waals surface area contributed by atoms with E-state index in [1.54, 1.807) is 6.92 Å². The van der Waals surface area contributed by atoms with Gasteiger partial charge in [-0.3, -0.25) is 5.32 Å². The normalized spacial score (nSPS) is 12.8. The van der Waals surface area contributed by atoms with Crippen LogP contribution in [0.1, 0.15) is 37.5 Å². The summed E-state index contributed by atoms with van der Waals surface area (Å²) in [6, 6.07) is -0.239. The first kappa shape index (κ1) is 13.1. The van der Waals surface area contributed by atoms with E-state index in [0.717, 1.165) is 10.7 Å². The third kappa shape index (κ3) is 3.57. The number of nitrogens with one attached hydrogen (secondary N) is 1. The number of thiazole rings is 1. The van der Waals surface area contributed by atoms with Crippen molar-refractivity contribution in [2.24, 2.45) is 0 Å². The summed E-state index contributed by atoms with van der Waals surface area (Å²) in [7, 11) is 0. The quantitative estimate of drug-likeness (QED) is 0.803. The van der Waals surface area contributed by atoms with Gasteiger partial charge in [0.2, 0.25) is 0 Å². The molecule has 1 aromatic rings. The number of aromatic nitrogens is 1. The molecule has 4 nitrogen and oxygen atoms in total. The topological polar surface area (TPSA) is 51.2 Å². The molecule has 90 valence electrons. The van der Waals surface area contributed by atoms with Crippen molar-refractivity contribution >= 4 is 17.3 Å². The van der Waals surface area contributed by atoms with E-state index in [4.69, 9.17) is 4.74 Å². The van der Waals surface area contributed by atoms with E-state index >= 15 is 0 Å². The molecule has 0 saturated heterocycles. The number of carbonyl (C=O) groups is 1. The van der Waals surface area contributed by atoms with Crippen molar-refractivity contribution < 1.29 is 9.53 Å². The molecule has 1 rings (SSSR count). The van der Waals surface area contributed by atoms with Gasteiger partial charge in [-0.15, -0.1) is 11.3 Å². The van der Waals surface area contributed by atoms with E-state index in [9.17, 15) is 4.79 Å². The van der Waals surface area contributed by atoms with Crippen molar-refractivity contribution in [2.45, 2.75) is 39.8 Å². The molecular formula is C11H18N2O2S. The fourth-order valence-corrected chi connectivity index (χ4v) is 2.14. The van der Waals surface area contributed by atoms with Gasteiger partial charge >= 0.3 is 5.97 Å². The molecular weight excluding hydrogens is 224 g/mol. The second-order valence-electron chi connectivity index (χ2n) is 3.83. The number of rotatable bonds is 5. The number of hydrogen-bond acceptors (Lipinski definition) is 5. The van der Waals surface area contributed by atoms with Crippen LogP contribution < -0.4 is 5.32 Å². The highest BCUT2D eigenvalue weighted by Crippen LogP contribution is 2.20. The summed E-state index contributed by atoms with van der Waals surface area (Å²) in [6.07, 6.45) is 0. The van der Waals surface area contributed by atoms with Gasteiger partial charge in [-0.25, -0.2) is 9.78 Å². The molecule has 0 bridgehead atoms. The van der Waals surface area contributed by atoms with Gasteiger partial charge in [0.1, 0.15) is 5.01 Å². The Bertz CT molecular complexity index is 350. The molecule has 0 amide bonds. The molecule has 1 unspecified atom stereocenters. The number of nitrogens with zero attached hydrogens (tertiary/aromatic N) is 1. The molecule has 0 aliphatic rings. The van der Waals surface area contributed by atoms with Crippen molar-refractivity contribution in [3.63, 3.8) is 0 Å². The maximum atomic E-state index is 11.8. The zero-order chi connectivity index (χ0) is 12.1. The molecule has 0 aliphatic carbocycles. The van der Waals surface area contributed by atoms with Crippen molar-refractivity contribution in [1.82, 2.24) is 10.3 Å². The van der Waals surface area contributed by atoms with Crippen LogP contribution in [0.5, 0.6) is 0 Å². The van der Waals surface area contributed by atoms with Crippen molar-refractivity contribution in [1.29, 1.82) is 0 Å². The van der Waals surface area contributed by atoms with Gasteiger partial charge in [0.25, 0.3) is 0 Å². The lowest BCUT2D eigenvalue weighted by atomic mass is 10.2. The molecule has 0 radical (unpaired) electrons. The molecule has 16 heavy (non-hydrogen) atoms. The lowest BCUT2D eigenvalue weighted by Gasteiger charge is -2.17. The molecule has 1 N–H and O–H groups in total. The summed E-state index contributed by atoms with van der Waals surface area (Å²) in [6.45, 7) is 8.09. The van der Waals surface area contributed by atoms with Crippen molar-refractivity contribution in [3.05, 3.63) is 16.1 Å². The third-order valence-electron chi connectivity index (χ3n) is 1.91. The van der Waals surface area contributed by atoms with Crippen LogP contribution in [-0.2, 0) is 9.53 Å². The monoisotopic (exact) mass is 242 g/mol. The predicted octanol–water partition coefficient (Wildman–Crippen LogP) is 2.05. The van der Waals surface area contributed by atoms with Crippen LogP contribution in [0.25, 0.3) is 0 Å². The van der Waals surface area contributed by atoms with Gasteiger partial charge in [0, 0.05) is 17.1 Å². The minimum atomic E-state index is -0.446. The van der Waals surface area contributed by atoms with Crippen LogP contribution in [0, 0.1) is 6.92 Å². The Balaban J connectivity index is 2.82. The summed E-state index contributed by atoms with van der Waals surface area (Å²) < 4.78 is 5.03. The van der Waals surface area contributed by atoms with E-state index in [1.807, 2.05) is 26.2 Å². The minimum Gasteiger partial charge on any atom is -0.465 e. The van der Waals surface area contributed by atoms with Crippen LogP contribution in [0.2, 0.25) is 0 Å². The molecule has 0 fully saturated rings. The van der Waals surface area contributed by atoms with Crippen molar-refractivity contribution in [2.75, 3.05) is 6.61 Å². The average molecular weight is 242 g/mol. The maximum Gasteiger partial charge on any atom is 0.330 e. The molecule has 0 aromatic carbocycles. The van der Waals surface area contributed by atoms with Gasteiger partial charge < -0.3 is 4.74 Å². The van der Waals surface area contributed by atoms with Crippen LogP contribution in [-0.4, -0.2) is 23.6 Å². The van der Waals surface area contributed by atoms with Crippen molar-refractivity contribution in [3.8, 4) is 0 Å². The fourth-order valence-electron chi connectivity index (χ4n) is 1.30. The van der Waals surface area contributed by atoms with Gasteiger partial charge in [0.05, 0.1) is 6.61 Å². The van der Waals surface area contributed by atoms with Gasteiger partial charge in [0.15, 0.2) is 6.04 Å². The lowest BCUT2D eigenvalue weighted by molar-refractivity contribution is -0.146. The Morgan fingerprint density at radius 1 is 1.62 bits per heavy atom. The van der Waals surface area contributed by atoms with Crippen LogP contribution in [0.3, 0.4) is 0 Å². The summed E-state index contributed by atoms with van der Waals surface area (Å²) in [5.74, 6) is -0.259. The number of ether oxygens (including phenoxy) is 1. The smallest absolute Gasteiger partial charge is 0.330 e. The Morgan fingerprint density at radius 2 is 2.31 bits per heavy atom. The highest BCUT2D eigenvalue weighted by molar-refractivity contribution is 7.09. The van der Waals surface area contributed by atoms with Crippen LogP contribution >= 0.6 is 11.3 Å². The molecule has 1 heterocycles. The SMILES string of the molecule is CCOC(=O)C(NC(C)C)c1nc(C)cs1. The van der Waals surface area contributed by atoms with Gasteiger partial charge in [-0.2, -0.15) is 0 Å². The standard InChI is InChI=1S/C11H18N2O2S/c1-5-15-11(14)9(12-7(2)3)10-13-8(4)6-16-10/h6-7,9,12H,5H2,1-4H3. The minimum absolute atomic E-state index is 0.207. The first-order chi connectivity index (χ1) is 7.54. The van der Waals surface area contributed by atoms with E-state index in [0.29, 0.717) is 6.61 Å². The Hall–Kier alpha value is -0.940. The Labute approximate surface area is 100 Å². The average Bonchev–Trinajstić information content (AvgIpc) is 2.61. The lowest BCUT2D eigenvalue weighted by Crippen LogP contribution is -2.34. The molecule has 0 saturated carbocycles. The van der Waals surface area contributed by atoms with Crippen LogP contribution in [0.15, 0.2) is 5.38 Å². The summed E-state index contributed by atoms with van der Waals surface area (Å²) >= 11 is 1.48. The molecule has 1 atom stereocenters. The van der Waals surface area contributed by atoms with E-state index in [1.165, 1.54) is 11.3 Å². The molecule has 0 aliphatic heterocycles. The largest absolute Gasteiger partial charge is 0.465 e. The second-order valence-corrected chi connectivity index (χ2v) is 4.72. The first-order valence-corrected chi connectivity index (χ1v) is 6.27. The van der Waals surface area contributed by atoms with Gasteiger partial charge in [-0.05, 0) is 27.7 Å². The predicted molar refractivity (Wildman–Crippen MR) is 64.5 cm³/mol. The van der Waals surface area contributed by atoms with E-state index in [2.05, 4.69) is 10.3 Å². The number of aryl methyl sites for hydroxylation is 1. The maximum absolute atomic E-state index is 11.8. The zero-order valence-electron chi connectivity index (χ0n) is 10.1. The summed E-state index contributed by atoms with van der Waals surface area (Å²) in [5.41, 5.74) is 0.930. The fraction of sp³-hybridized carbons (Fsp3) is 0.636. The third-order valence-corrected chi connectivity index (χ3v) is 2.93. The number of hydrogen-bond donors (Lipinski definition) is 1. The summed E-state index contributed by atoms with van der Waals surface area (Å²) in [5, 5.41) is 5.87. The van der Waals surface area contributed by atoms with E-state index < -0.39 is 6.04 Å². The summed E-state index contributed by atoms with van der Waals surface area (Å²) in [4.78, 5) is 16.1. The number of esters is 1. The Kier molecular flexibility index (Phi) is 4.89. The molecule has 1 aromatic heterocycles. The highest BCUT2D eigenvalue weighted by atomic mass is 32.1. The molecule has 5 heteroatoms. The Morgan fingerprint density at radius 3 is 2.75 bits per heavy atom. The number of carbonyl (C=O) groups excluding carboxylic acids is 1.